The summed E-state index contributed by atoms with van der Waals surface area (Å²) in [5.41, 5.74) is 3.08. The fourth-order valence-corrected chi connectivity index (χ4v) is 6.25. The van der Waals surface area contributed by atoms with Crippen LogP contribution >= 0.6 is 11.3 Å². The van der Waals surface area contributed by atoms with E-state index in [1.807, 2.05) is 18.2 Å². The molecule has 3 aromatic rings. The number of benzene rings is 2. The van der Waals surface area contributed by atoms with Crippen LogP contribution in [-0.2, 0) is 11.2 Å². The molecule has 2 aromatic carbocycles. The predicted molar refractivity (Wildman–Crippen MR) is 144 cm³/mol. The van der Waals surface area contributed by atoms with Crippen LogP contribution in [0.4, 0.5) is 10.1 Å². The number of anilines is 2. The van der Waals surface area contributed by atoms with Gasteiger partial charge < -0.3 is 10.0 Å². The first-order valence-corrected chi connectivity index (χ1v) is 13.6. The number of piperazine rings is 1. The lowest BCUT2D eigenvalue weighted by atomic mass is 9.94. The number of hydrogen-bond acceptors (Lipinski definition) is 6. The average molecular weight is 505 g/mol. The van der Waals surface area contributed by atoms with E-state index in [4.69, 9.17) is 10.1 Å². The van der Waals surface area contributed by atoms with Crippen molar-refractivity contribution in [3.8, 4) is 11.3 Å². The fourth-order valence-electron chi connectivity index (χ4n) is 5.22. The van der Waals surface area contributed by atoms with E-state index in [2.05, 4.69) is 27.2 Å². The second-order valence-electron chi connectivity index (χ2n) is 9.58. The first kappa shape index (κ1) is 24.5. The largest absolute Gasteiger partial charge is 0.481 e. The molecule has 1 aliphatic carbocycles. The number of rotatable bonds is 7. The first-order chi connectivity index (χ1) is 17.6. The maximum atomic E-state index is 12.9. The fraction of sp³-hybridized carbons (Fsp3) is 0.393. The molecule has 7 nitrogen and oxygen atoms in total. The Bertz CT molecular complexity index is 1180. The highest BCUT2D eigenvalue weighted by molar-refractivity contribution is 7.20. The number of carbonyl (C=O) groups excluding carboxylic acids is 1. The normalized spacial score (nSPS) is 17.2. The van der Waals surface area contributed by atoms with Gasteiger partial charge in [0, 0.05) is 43.3 Å². The molecular weight excluding hydrogens is 472 g/mol. The molecule has 188 valence electrons. The third-order valence-corrected chi connectivity index (χ3v) is 8.17. The van der Waals surface area contributed by atoms with Crippen molar-refractivity contribution in [1.82, 2.24) is 9.88 Å². The lowest BCUT2D eigenvalue weighted by Gasteiger charge is -2.41. The van der Waals surface area contributed by atoms with E-state index in [-0.39, 0.29) is 12.3 Å². The molecule has 0 atom stereocenters. The molecule has 2 heterocycles. The van der Waals surface area contributed by atoms with E-state index < -0.39 is 5.97 Å². The minimum atomic E-state index is -0.893. The van der Waals surface area contributed by atoms with Crippen LogP contribution in [0.1, 0.15) is 48.0 Å². The highest BCUT2D eigenvalue weighted by Gasteiger charge is 2.28. The smallest absolute Gasteiger partial charge is 0.307 e. The summed E-state index contributed by atoms with van der Waals surface area (Å²) < 4.78 is 0. The molecule has 0 radical (unpaired) electrons. The summed E-state index contributed by atoms with van der Waals surface area (Å²) in [7, 11) is 0. The number of thiazole rings is 1. The summed E-state index contributed by atoms with van der Waals surface area (Å²) in [4.78, 5) is 33.7. The number of carbonyl (C=O) groups is 2. The molecule has 1 aromatic heterocycles. The van der Waals surface area contributed by atoms with Crippen molar-refractivity contribution in [3.05, 3.63) is 65.7 Å². The average Bonchev–Trinajstić information content (AvgIpc) is 3.33. The number of hydrogen-bond donors (Lipinski definition) is 2. The van der Waals surface area contributed by atoms with Gasteiger partial charge >= 0.3 is 5.97 Å². The number of carboxylic acids is 1. The van der Waals surface area contributed by atoms with Gasteiger partial charge in [-0.05, 0) is 30.5 Å². The Labute approximate surface area is 215 Å². The van der Waals surface area contributed by atoms with E-state index in [1.54, 1.807) is 24.3 Å². The van der Waals surface area contributed by atoms with Gasteiger partial charge in [-0.15, -0.1) is 0 Å². The van der Waals surface area contributed by atoms with E-state index in [0.717, 1.165) is 48.5 Å². The number of aromatic nitrogens is 1. The summed E-state index contributed by atoms with van der Waals surface area (Å²) in [6, 6.07) is 17.5. The quantitative estimate of drug-likeness (QED) is 0.463. The van der Waals surface area contributed by atoms with Gasteiger partial charge in [0.2, 0.25) is 0 Å². The summed E-state index contributed by atoms with van der Waals surface area (Å²) in [6.45, 7) is 4.02. The van der Waals surface area contributed by atoms with Gasteiger partial charge in [0.15, 0.2) is 5.13 Å². The topological polar surface area (TPSA) is 85.8 Å². The van der Waals surface area contributed by atoms with Gasteiger partial charge in [-0.25, -0.2) is 4.98 Å². The lowest BCUT2D eigenvalue weighted by Crippen LogP contribution is -2.50. The highest BCUT2D eigenvalue weighted by atomic mass is 32.1. The van der Waals surface area contributed by atoms with Crippen LogP contribution in [-0.4, -0.2) is 59.1 Å². The Hall–Kier alpha value is -3.23. The highest BCUT2D eigenvalue weighted by Crippen LogP contribution is 2.39. The van der Waals surface area contributed by atoms with Crippen molar-refractivity contribution in [2.45, 2.75) is 44.6 Å². The SMILES string of the molecule is O=C(O)Cc1ccc(C(=O)Nc2nc(-c3ccccc3)c(N3CCN(C4CCCCC4)CC3)s2)cc1. The zero-order valence-electron chi connectivity index (χ0n) is 20.4. The molecule has 2 aliphatic rings. The second-order valence-corrected chi connectivity index (χ2v) is 10.6. The molecule has 2 N–H and O–H groups in total. The van der Waals surface area contributed by atoms with E-state index in [1.165, 1.54) is 43.4 Å². The predicted octanol–water partition coefficient (Wildman–Crippen LogP) is 5.14. The third-order valence-electron chi connectivity index (χ3n) is 7.14. The molecule has 1 saturated carbocycles. The van der Waals surface area contributed by atoms with Gasteiger partial charge in [-0.1, -0.05) is 73.1 Å². The van der Waals surface area contributed by atoms with E-state index in [0.29, 0.717) is 16.3 Å². The Morgan fingerprint density at radius 1 is 0.944 bits per heavy atom. The maximum absolute atomic E-state index is 12.9. The monoisotopic (exact) mass is 504 g/mol. The van der Waals surface area contributed by atoms with Gasteiger partial charge in [0.25, 0.3) is 5.91 Å². The number of aliphatic carboxylic acids is 1. The summed E-state index contributed by atoms with van der Waals surface area (Å²) >= 11 is 1.52. The summed E-state index contributed by atoms with van der Waals surface area (Å²) in [6.07, 6.45) is 6.66. The minimum Gasteiger partial charge on any atom is -0.481 e. The lowest BCUT2D eigenvalue weighted by molar-refractivity contribution is -0.136. The molecule has 0 spiro atoms. The van der Waals surface area contributed by atoms with Crippen LogP contribution in [0.5, 0.6) is 0 Å². The van der Waals surface area contributed by atoms with Crippen LogP contribution in [0, 0.1) is 0 Å². The zero-order valence-corrected chi connectivity index (χ0v) is 21.2. The van der Waals surface area contributed by atoms with Gasteiger partial charge in [0.05, 0.1) is 6.42 Å². The van der Waals surface area contributed by atoms with Gasteiger partial charge in [-0.2, -0.15) is 0 Å². The minimum absolute atomic E-state index is 0.0633. The number of carboxylic acid groups (broad SMARTS) is 1. The van der Waals surface area contributed by atoms with Crippen LogP contribution in [0.3, 0.4) is 0 Å². The van der Waals surface area contributed by atoms with Crippen molar-refractivity contribution >= 4 is 33.3 Å². The van der Waals surface area contributed by atoms with Crippen molar-refractivity contribution in [3.63, 3.8) is 0 Å². The molecule has 2 fully saturated rings. The molecule has 8 heteroatoms. The number of nitrogens with zero attached hydrogens (tertiary/aromatic N) is 3. The first-order valence-electron chi connectivity index (χ1n) is 12.7. The second kappa shape index (κ2) is 11.2. The van der Waals surface area contributed by atoms with Crippen LogP contribution in [0.2, 0.25) is 0 Å². The Kier molecular flexibility index (Phi) is 7.63. The Balaban J connectivity index is 1.32. The molecule has 1 saturated heterocycles. The van der Waals surface area contributed by atoms with Gasteiger partial charge in [0.1, 0.15) is 10.7 Å². The Morgan fingerprint density at radius 3 is 2.31 bits per heavy atom. The standard InChI is InChI=1S/C28H32N4O3S/c33-24(34)19-20-11-13-22(14-12-20)26(35)30-28-29-25(21-7-3-1-4-8-21)27(36-28)32-17-15-31(16-18-32)23-9-5-2-6-10-23/h1,3-4,7-8,11-14,23H,2,5-6,9-10,15-19H2,(H,33,34)(H,29,30,35). The number of amides is 1. The molecule has 1 aliphatic heterocycles. The number of nitrogens with one attached hydrogen (secondary N) is 1. The van der Waals surface area contributed by atoms with Crippen molar-refractivity contribution < 1.29 is 14.7 Å². The van der Waals surface area contributed by atoms with Crippen molar-refractivity contribution in [2.24, 2.45) is 0 Å². The van der Waals surface area contributed by atoms with Crippen molar-refractivity contribution in [2.75, 3.05) is 36.4 Å². The van der Waals surface area contributed by atoms with E-state index in [9.17, 15) is 9.59 Å². The molecule has 5 rings (SSSR count). The van der Waals surface area contributed by atoms with Crippen LogP contribution in [0.25, 0.3) is 11.3 Å². The molecule has 0 unspecified atom stereocenters. The summed E-state index contributed by atoms with van der Waals surface area (Å²) in [5, 5.41) is 13.6. The van der Waals surface area contributed by atoms with Crippen LogP contribution in [0.15, 0.2) is 54.6 Å². The zero-order chi connectivity index (χ0) is 24.9. The van der Waals surface area contributed by atoms with Crippen molar-refractivity contribution in [1.29, 1.82) is 0 Å². The molecule has 36 heavy (non-hydrogen) atoms. The van der Waals surface area contributed by atoms with Gasteiger partial charge in [-0.3, -0.25) is 19.8 Å². The molecule has 1 amide bonds. The van der Waals surface area contributed by atoms with E-state index >= 15 is 0 Å². The molecular formula is C28H32N4O3S. The Morgan fingerprint density at radius 2 is 1.64 bits per heavy atom. The molecule has 0 bridgehead atoms. The van der Waals surface area contributed by atoms with Crippen LogP contribution < -0.4 is 10.2 Å². The maximum Gasteiger partial charge on any atom is 0.307 e. The third kappa shape index (κ3) is 5.77. The summed E-state index contributed by atoms with van der Waals surface area (Å²) in [5.74, 6) is -1.14.